The molecule has 2 aromatic carbocycles. The lowest BCUT2D eigenvalue weighted by molar-refractivity contribution is -0.385. The van der Waals surface area contributed by atoms with Gasteiger partial charge in [-0.1, -0.05) is 23.2 Å². The van der Waals surface area contributed by atoms with E-state index < -0.39 is 4.92 Å². The molecule has 0 unspecified atom stereocenters. The predicted molar refractivity (Wildman–Crippen MR) is 131 cm³/mol. The minimum atomic E-state index is -0.481. The van der Waals surface area contributed by atoms with Gasteiger partial charge in [-0.25, -0.2) is 0 Å². The normalized spacial score (nSPS) is 14.9. The Kier molecular flexibility index (Phi) is 6.26. The molecule has 1 aromatic heterocycles. The van der Waals surface area contributed by atoms with Crippen molar-refractivity contribution in [3.8, 4) is 11.3 Å². The van der Waals surface area contributed by atoms with Crippen molar-refractivity contribution in [2.45, 2.75) is 6.92 Å². The average Bonchev–Trinajstić information content (AvgIpc) is 3.29. The molecule has 1 aliphatic heterocycles. The van der Waals surface area contributed by atoms with Crippen LogP contribution in [-0.4, -0.2) is 16.5 Å². The number of non-ortho nitro benzene ring substituents is 1. The van der Waals surface area contributed by atoms with Crippen LogP contribution >= 0.6 is 55.1 Å². The largest absolute Gasteiger partial charge is 0.457 e. The maximum absolute atomic E-state index is 12.9. The van der Waals surface area contributed by atoms with Gasteiger partial charge in [-0.3, -0.25) is 14.9 Å². The molecule has 2 heterocycles. The molecule has 32 heavy (non-hydrogen) atoms. The van der Waals surface area contributed by atoms with Crippen LogP contribution < -0.4 is 5.01 Å². The molecule has 3 aromatic rings. The topological polar surface area (TPSA) is 89.0 Å². The van der Waals surface area contributed by atoms with E-state index in [1.54, 1.807) is 43.3 Å². The summed E-state index contributed by atoms with van der Waals surface area (Å²) < 4.78 is 6.88. The Morgan fingerprint density at radius 3 is 2.41 bits per heavy atom. The first-order valence-electron chi connectivity index (χ1n) is 8.96. The Hall–Kier alpha value is -2.46. The number of hydrogen-bond acceptors (Lipinski definition) is 5. The van der Waals surface area contributed by atoms with Crippen LogP contribution in [0.4, 0.5) is 11.4 Å². The zero-order valence-electron chi connectivity index (χ0n) is 16.1. The van der Waals surface area contributed by atoms with Crippen molar-refractivity contribution in [2.24, 2.45) is 5.10 Å². The molecule has 7 nitrogen and oxygen atoms in total. The van der Waals surface area contributed by atoms with Crippen LogP contribution in [-0.2, 0) is 4.79 Å². The van der Waals surface area contributed by atoms with Crippen LogP contribution in [0, 0.1) is 10.1 Å². The molecule has 4 rings (SSSR count). The Bertz CT molecular complexity index is 1330. The SMILES string of the molecule is CC1=NN(c2ccc(Cl)c(Cl)c2)C(=O)C1=Cc1ccc(-c2c(Br)cc([N+](=O)[O-])cc2Br)o1. The van der Waals surface area contributed by atoms with E-state index in [0.29, 0.717) is 53.0 Å². The predicted octanol–water partition coefficient (Wildman–Crippen LogP) is 7.49. The highest BCUT2D eigenvalue weighted by Crippen LogP contribution is 2.39. The smallest absolute Gasteiger partial charge is 0.280 e. The van der Waals surface area contributed by atoms with Crippen LogP contribution in [0.5, 0.6) is 0 Å². The van der Waals surface area contributed by atoms with Crippen LogP contribution in [0.1, 0.15) is 12.7 Å². The molecule has 0 bridgehead atoms. The quantitative estimate of drug-likeness (QED) is 0.176. The zero-order chi connectivity index (χ0) is 23.2. The fourth-order valence-corrected chi connectivity index (χ4v) is 4.93. The Labute approximate surface area is 208 Å². The minimum Gasteiger partial charge on any atom is -0.457 e. The first kappa shape index (κ1) is 22.7. The molecular weight excluding hydrogens is 589 g/mol. The first-order valence-corrected chi connectivity index (χ1v) is 11.3. The molecular formula is C21H11Br2Cl2N3O4. The van der Waals surface area contributed by atoms with Crippen molar-refractivity contribution >= 4 is 84.1 Å². The van der Waals surface area contributed by atoms with E-state index in [1.807, 2.05) is 0 Å². The molecule has 1 aliphatic rings. The number of amides is 1. The number of anilines is 1. The lowest BCUT2D eigenvalue weighted by Crippen LogP contribution is -2.21. The zero-order valence-corrected chi connectivity index (χ0v) is 20.8. The third-order valence-electron chi connectivity index (χ3n) is 4.61. The number of nitro benzene ring substituents is 1. The molecule has 11 heteroatoms. The summed E-state index contributed by atoms with van der Waals surface area (Å²) in [7, 11) is 0. The summed E-state index contributed by atoms with van der Waals surface area (Å²) in [4.78, 5) is 23.5. The second kappa shape index (κ2) is 8.82. The third kappa shape index (κ3) is 4.25. The van der Waals surface area contributed by atoms with Crippen molar-refractivity contribution < 1.29 is 14.1 Å². The number of nitrogens with zero attached hydrogens (tertiary/aromatic N) is 3. The Morgan fingerprint density at radius 2 is 1.78 bits per heavy atom. The van der Waals surface area contributed by atoms with Gasteiger partial charge >= 0.3 is 0 Å². The van der Waals surface area contributed by atoms with Gasteiger partial charge in [0.05, 0.1) is 31.9 Å². The Morgan fingerprint density at radius 1 is 1.09 bits per heavy atom. The summed E-state index contributed by atoms with van der Waals surface area (Å²) in [6.45, 7) is 1.72. The summed E-state index contributed by atoms with van der Waals surface area (Å²) >= 11 is 18.7. The summed E-state index contributed by atoms with van der Waals surface area (Å²) in [5, 5.41) is 17.3. The summed E-state index contributed by atoms with van der Waals surface area (Å²) in [6, 6.07) is 11.0. The highest BCUT2D eigenvalue weighted by atomic mass is 79.9. The van der Waals surface area contributed by atoms with Gasteiger partial charge in [0, 0.05) is 26.6 Å². The van der Waals surface area contributed by atoms with Crippen molar-refractivity contribution in [3.05, 3.63) is 82.9 Å². The number of halogens is 4. The molecule has 0 aliphatic carbocycles. The van der Waals surface area contributed by atoms with Gasteiger partial charge in [-0.05, 0) is 75.2 Å². The van der Waals surface area contributed by atoms with Crippen molar-refractivity contribution in [1.29, 1.82) is 0 Å². The highest BCUT2D eigenvalue weighted by Gasteiger charge is 2.29. The van der Waals surface area contributed by atoms with Crippen LogP contribution in [0.2, 0.25) is 10.0 Å². The van der Waals surface area contributed by atoms with E-state index in [1.165, 1.54) is 17.1 Å². The fraction of sp³-hybridized carbons (Fsp3) is 0.0476. The molecule has 0 spiro atoms. The van der Waals surface area contributed by atoms with Crippen molar-refractivity contribution in [2.75, 3.05) is 5.01 Å². The van der Waals surface area contributed by atoms with E-state index >= 15 is 0 Å². The van der Waals surface area contributed by atoms with Crippen LogP contribution in [0.3, 0.4) is 0 Å². The maximum Gasteiger partial charge on any atom is 0.280 e. The van der Waals surface area contributed by atoms with Crippen molar-refractivity contribution in [1.82, 2.24) is 0 Å². The molecule has 0 N–H and O–H groups in total. The van der Waals surface area contributed by atoms with Crippen LogP contribution in [0.15, 0.2) is 66.5 Å². The molecule has 1 amide bonds. The number of furan rings is 1. The standard InChI is InChI=1S/C21H11Br2Cl2N3O4/c1-10-14(21(29)27(26-10)11-2-4-17(24)18(25)8-11)9-13-3-5-19(32-13)20-15(22)6-12(28(30)31)7-16(20)23/h2-9H,1H3. The summed E-state index contributed by atoms with van der Waals surface area (Å²) in [6.07, 6.45) is 1.59. The fourth-order valence-electron chi connectivity index (χ4n) is 3.08. The lowest BCUT2D eigenvalue weighted by Gasteiger charge is -2.12. The van der Waals surface area contributed by atoms with E-state index in [-0.39, 0.29) is 11.6 Å². The van der Waals surface area contributed by atoms with Gasteiger partial charge in [-0.15, -0.1) is 0 Å². The van der Waals surface area contributed by atoms with Gasteiger partial charge in [0.25, 0.3) is 11.6 Å². The molecule has 0 radical (unpaired) electrons. The maximum atomic E-state index is 12.9. The van der Waals surface area contributed by atoms with Gasteiger partial charge in [0.1, 0.15) is 11.5 Å². The van der Waals surface area contributed by atoms with Gasteiger partial charge in [-0.2, -0.15) is 10.1 Å². The summed E-state index contributed by atoms with van der Waals surface area (Å²) in [5.41, 5.74) is 1.91. The molecule has 0 atom stereocenters. The third-order valence-corrected chi connectivity index (χ3v) is 6.60. The molecule has 0 saturated heterocycles. The number of carbonyl (C=O) groups excluding carboxylic acids is 1. The van der Waals surface area contributed by atoms with Gasteiger partial charge < -0.3 is 4.42 Å². The number of nitro groups is 1. The van der Waals surface area contributed by atoms with E-state index in [0.717, 1.165) is 0 Å². The Balaban J connectivity index is 1.65. The minimum absolute atomic E-state index is 0.0628. The highest BCUT2D eigenvalue weighted by molar-refractivity contribution is 9.11. The second-order valence-electron chi connectivity index (χ2n) is 6.70. The van der Waals surface area contributed by atoms with E-state index in [9.17, 15) is 14.9 Å². The monoisotopic (exact) mass is 597 g/mol. The van der Waals surface area contributed by atoms with E-state index in [2.05, 4.69) is 37.0 Å². The van der Waals surface area contributed by atoms with Crippen LogP contribution in [0.25, 0.3) is 17.4 Å². The van der Waals surface area contributed by atoms with Gasteiger partial charge in [0.2, 0.25) is 0 Å². The molecule has 0 saturated carbocycles. The number of rotatable bonds is 4. The average molecular weight is 600 g/mol. The number of hydrazone groups is 1. The number of carbonyl (C=O) groups is 1. The number of hydrogen-bond donors (Lipinski definition) is 0. The van der Waals surface area contributed by atoms with E-state index in [4.69, 9.17) is 27.6 Å². The van der Waals surface area contributed by atoms with Gasteiger partial charge in [0.15, 0.2) is 0 Å². The summed E-state index contributed by atoms with van der Waals surface area (Å²) in [5.74, 6) is 0.550. The molecule has 0 fully saturated rings. The number of benzene rings is 2. The lowest BCUT2D eigenvalue weighted by atomic mass is 10.1. The van der Waals surface area contributed by atoms with Crippen molar-refractivity contribution in [3.63, 3.8) is 0 Å². The first-order chi connectivity index (χ1) is 15.2. The molecule has 162 valence electrons. The second-order valence-corrected chi connectivity index (χ2v) is 9.23.